The maximum absolute atomic E-state index is 12.9. The quantitative estimate of drug-likeness (QED) is 0.195. The third kappa shape index (κ3) is 3.38. The number of aromatic hydroxyl groups is 4. The van der Waals surface area contributed by atoms with E-state index in [2.05, 4.69) is 0 Å². The van der Waals surface area contributed by atoms with Crippen molar-refractivity contribution in [3.8, 4) is 45.3 Å². The first-order valence-corrected chi connectivity index (χ1v) is 11.1. The van der Waals surface area contributed by atoms with Gasteiger partial charge >= 0.3 is 11.3 Å². The van der Waals surface area contributed by atoms with Crippen LogP contribution in [0.1, 0.15) is 22.3 Å². The van der Waals surface area contributed by atoms with Gasteiger partial charge in [0.25, 0.3) is 0 Å². The number of phenolic OH excluding ortho intramolecular Hbond substituents is 2. The first kappa shape index (κ1) is 23.0. The number of hydrogen-bond acceptors (Lipinski definition) is 8. The molecule has 0 aliphatic carbocycles. The Morgan fingerprint density at radius 2 is 0.889 bits per heavy atom. The molecule has 2 aromatic heterocycles. The van der Waals surface area contributed by atoms with E-state index in [1.54, 1.807) is 24.3 Å². The Hall–Kier alpha value is -4.72. The predicted octanol–water partition coefficient (Wildman–Crippen LogP) is 5.29. The Morgan fingerprint density at radius 3 is 1.28 bits per heavy atom. The number of phenols is 2. The monoisotopic (exact) mass is 486 g/mol. The molecule has 0 atom stereocenters. The van der Waals surface area contributed by atoms with E-state index in [0.29, 0.717) is 0 Å². The van der Waals surface area contributed by atoms with Crippen molar-refractivity contribution in [3.05, 3.63) is 79.5 Å². The van der Waals surface area contributed by atoms with E-state index in [0.717, 1.165) is 34.4 Å². The molecule has 0 fully saturated rings. The number of aryl methyl sites for hydroxylation is 4. The summed E-state index contributed by atoms with van der Waals surface area (Å²) >= 11 is 0. The first-order valence-electron chi connectivity index (χ1n) is 11.1. The fourth-order valence-corrected chi connectivity index (χ4v) is 4.36. The highest BCUT2D eigenvalue weighted by atomic mass is 16.4. The van der Waals surface area contributed by atoms with Gasteiger partial charge in [0.2, 0.25) is 0 Å². The molecule has 0 aliphatic rings. The van der Waals surface area contributed by atoms with E-state index in [1.165, 1.54) is 0 Å². The summed E-state index contributed by atoms with van der Waals surface area (Å²) in [4.78, 5) is 25.8. The first-order chi connectivity index (χ1) is 17.0. The third-order valence-corrected chi connectivity index (χ3v) is 6.62. The summed E-state index contributed by atoms with van der Waals surface area (Å²) in [6.07, 6.45) is 0. The van der Waals surface area contributed by atoms with Gasteiger partial charge < -0.3 is 29.3 Å². The van der Waals surface area contributed by atoms with E-state index in [-0.39, 0.29) is 33.1 Å². The molecule has 0 saturated heterocycles. The summed E-state index contributed by atoms with van der Waals surface area (Å²) in [7, 11) is 0. The van der Waals surface area contributed by atoms with E-state index >= 15 is 0 Å². The van der Waals surface area contributed by atoms with Gasteiger partial charge in [-0.15, -0.1) is 0 Å². The molecule has 5 aromatic rings. The summed E-state index contributed by atoms with van der Waals surface area (Å²) in [5.41, 5.74) is 0.384. The average Bonchev–Trinajstić information content (AvgIpc) is 2.79. The molecule has 36 heavy (non-hydrogen) atoms. The maximum atomic E-state index is 12.9. The molecule has 5 rings (SSSR count). The summed E-state index contributed by atoms with van der Waals surface area (Å²) in [6, 6.07) is 8.63. The lowest BCUT2D eigenvalue weighted by Gasteiger charge is -2.14. The van der Waals surface area contributed by atoms with E-state index in [1.807, 2.05) is 27.7 Å². The lowest BCUT2D eigenvalue weighted by molar-refractivity contribution is 0.454. The molecular formula is C28H22O8. The molecule has 0 aliphatic heterocycles. The van der Waals surface area contributed by atoms with Crippen molar-refractivity contribution in [2.24, 2.45) is 0 Å². The normalized spacial score (nSPS) is 11.4. The van der Waals surface area contributed by atoms with Crippen molar-refractivity contribution in [3.63, 3.8) is 0 Å². The lowest BCUT2D eigenvalue weighted by atomic mass is 9.95. The highest BCUT2D eigenvalue weighted by molar-refractivity contribution is 5.97. The molecule has 182 valence electrons. The topological polar surface area (TPSA) is 141 Å². The van der Waals surface area contributed by atoms with Crippen LogP contribution in [0.2, 0.25) is 0 Å². The highest BCUT2D eigenvalue weighted by Crippen LogP contribution is 2.46. The zero-order valence-corrected chi connectivity index (χ0v) is 19.9. The van der Waals surface area contributed by atoms with Crippen LogP contribution in [0.15, 0.2) is 54.8 Å². The number of hydrogen-bond donors (Lipinski definition) is 4. The van der Waals surface area contributed by atoms with Crippen molar-refractivity contribution >= 4 is 21.9 Å². The molecule has 0 spiro atoms. The van der Waals surface area contributed by atoms with Crippen LogP contribution in [0.5, 0.6) is 23.0 Å². The Morgan fingerprint density at radius 1 is 0.528 bits per heavy atom. The van der Waals surface area contributed by atoms with E-state index in [4.69, 9.17) is 8.83 Å². The van der Waals surface area contributed by atoms with Gasteiger partial charge in [-0.1, -0.05) is 0 Å². The molecule has 8 nitrogen and oxygen atoms in total. The molecule has 0 unspecified atom stereocenters. The van der Waals surface area contributed by atoms with Crippen molar-refractivity contribution in [2.75, 3.05) is 0 Å². The summed E-state index contributed by atoms with van der Waals surface area (Å²) in [6.45, 7) is 7.32. The zero-order chi connectivity index (χ0) is 26.0. The van der Waals surface area contributed by atoms with Crippen molar-refractivity contribution < 1.29 is 29.3 Å². The van der Waals surface area contributed by atoms with Gasteiger partial charge in [-0.05, 0) is 86.3 Å². The minimum absolute atomic E-state index is 0.155. The summed E-state index contributed by atoms with van der Waals surface area (Å²) in [5, 5.41) is 44.1. The molecule has 8 heteroatoms. The molecule has 0 amide bonds. The van der Waals surface area contributed by atoms with Gasteiger partial charge in [0, 0.05) is 11.1 Å². The van der Waals surface area contributed by atoms with Crippen molar-refractivity contribution in [1.29, 1.82) is 0 Å². The summed E-state index contributed by atoms with van der Waals surface area (Å²) < 4.78 is 10.8. The van der Waals surface area contributed by atoms with Crippen LogP contribution >= 0.6 is 0 Å². The van der Waals surface area contributed by atoms with E-state index < -0.39 is 45.4 Å². The smallest absolute Gasteiger partial charge is 0.348 e. The number of fused-ring (bicyclic) bond motifs is 2. The van der Waals surface area contributed by atoms with Crippen molar-refractivity contribution in [2.45, 2.75) is 27.7 Å². The second kappa shape index (κ2) is 7.91. The van der Waals surface area contributed by atoms with Crippen LogP contribution in [-0.2, 0) is 0 Å². The zero-order valence-electron chi connectivity index (χ0n) is 19.9. The van der Waals surface area contributed by atoms with Crippen LogP contribution in [0, 0.1) is 27.7 Å². The number of rotatable bonds is 2. The minimum atomic E-state index is -0.962. The molecule has 3 aromatic carbocycles. The Labute approximate surface area is 203 Å². The van der Waals surface area contributed by atoms with Crippen LogP contribution in [0.3, 0.4) is 0 Å². The van der Waals surface area contributed by atoms with Crippen molar-refractivity contribution in [1.82, 2.24) is 0 Å². The Balaban J connectivity index is 1.84. The molecular weight excluding hydrogens is 464 g/mol. The second-order valence-electron chi connectivity index (χ2n) is 8.98. The Bertz CT molecular complexity index is 1730. The molecule has 0 bridgehead atoms. The third-order valence-electron chi connectivity index (χ3n) is 6.62. The van der Waals surface area contributed by atoms with Crippen LogP contribution in [-0.4, -0.2) is 20.4 Å². The lowest BCUT2D eigenvalue weighted by Crippen LogP contribution is -2.07. The van der Waals surface area contributed by atoms with Gasteiger partial charge in [0.1, 0.15) is 45.3 Å². The molecule has 0 saturated carbocycles. The number of benzene rings is 3. The van der Waals surface area contributed by atoms with Crippen LogP contribution in [0.4, 0.5) is 0 Å². The van der Waals surface area contributed by atoms with Crippen LogP contribution < -0.4 is 11.3 Å². The van der Waals surface area contributed by atoms with Crippen LogP contribution in [0.25, 0.3) is 44.2 Å². The van der Waals surface area contributed by atoms with Gasteiger partial charge in [-0.25, -0.2) is 9.59 Å². The van der Waals surface area contributed by atoms with Gasteiger partial charge in [-0.2, -0.15) is 0 Å². The second-order valence-corrected chi connectivity index (χ2v) is 8.98. The minimum Gasteiger partial charge on any atom is -0.508 e. The van der Waals surface area contributed by atoms with Gasteiger partial charge in [0.15, 0.2) is 0 Å². The fraction of sp³-hybridized carbons (Fsp3) is 0.143. The Kier molecular flexibility index (Phi) is 5.06. The summed E-state index contributed by atoms with van der Waals surface area (Å²) in [5.74, 6) is -1.99. The average molecular weight is 486 g/mol. The standard InChI is InChI=1S/C28H22O8/c1-11-5-16-20(7-13(11)3)35-27(33)22(25(16)31)18-9-15(29)10-19(24(18)30)23-26(32)17-6-12(2)14(4)8-21(17)36-28(23)34/h5-10,29-32H,1-4H3. The fourth-order valence-electron chi connectivity index (χ4n) is 4.36. The molecule has 2 heterocycles. The van der Waals surface area contributed by atoms with Gasteiger partial charge in [0.05, 0.1) is 10.8 Å². The highest BCUT2D eigenvalue weighted by Gasteiger charge is 2.26. The van der Waals surface area contributed by atoms with E-state index in [9.17, 15) is 30.0 Å². The SMILES string of the molecule is Cc1cc2oc(=O)c(-c3cc(O)cc(-c4c(O)c5cc(C)c(C)cc5oc4=O)c3O)c(O)c2cc1C. The molecule has 0 radical (unpaired) electrons. The predicted molar refractivity (Wildman–Crippen MR) is 135 cm³/mol. The van der Waals surface area contributed by atoms with Gasteiger partial charge in [-0.3, -0.25) is 0 Å². The molecule has 4 N–H and O–H groups in total. The largest absolute Gasteiger partial charge is 0.508 e. The maximum Gasteiger partial charge on any atom is 0.348 e.